The van der Waals surface area contributed by atoms with Crippen molar-refractivity contribution in [1.82, 2.24) is 15.0 Å². The summed E-state index contributed by atoms with van der Waals surface area (Å²) in [5.41, 5.74) is 1.27. The molecule has 0 spiro atoms. The largest absolute Gasteiger partial charge is 0.507 e. The maximum Gasteiger partial charge on any atom is 0.433 e. The summed E-state index contributed by atoms with van der Waals surface area (Å²) < 4.78 is 55.2. The van der Waals surface area contributed by atoms with Crippen molar-refractivity contribution >= 4 is 69.1 Å². The summed E-state index contributed by atoms with van der Waals surface area (Å²) in [7, 11) is 1.22. The number of phenolic OH excluding ortho intramolecular Hbond substituents is 1. The minimum atomic E-state index is -4.85. The van der Waals surface area contributed by atoms with Gasteiger partial charge in [0.25, 0.3) is 23.6 Å². The van der Waals surface area contributed by atoms with Gasteiger partial charge in [-0.05, 0) is 78.2 Å². The summed E-state index contributed by atoms with van der Waals surface area (Å²) in [5.74, 6) is -9.33. The third kappa shape index (κ3) is 5.78. The van der Waals surface area contributed by atoms with Gasteiger partial charge in [-0.2, -0.15) is 23.2 Å². The van der Waals surface area contributed by atoms with E-state index < -0.39 is 82.1 Å². The molecule has 2 aliphatic heterocycles. The summed E-state index contributed by atoms with van der Waals surface area (Å²) in [5, 5.41) is 16.0. The lowest BCUT2D eigenvalue weighted by molar-refractivity contribution is -0.142. The molecule has 0 radical (unpaired) electrons. The molecule has 4 aromatic carbocycles. The third-order valence-corrected chi connectivity index (χ3v) is 12.7. The molecule has 0 unspecified atom stereocenters. The Morgan fingerprint density at radius 1 is 0.864 bits per heavy atom. The van der Waals surface area contributed by atoms with E-state index in [-0.39, 0.29) is 34.9 Å². The normalized spacial score (nSPS) is 25.2. The first kappa shape index (κ1) is 38.5. The average Bonchev–Trinajstić information content (AvgIpc) is 3.59. The number of hydrogen-bond acceptors (Lipinski definition) is 8. The van der Waals surface area contributed by atoms with Crippen LogP contribution in [0.25, 0.3) is 10.8 Å². The highest BCUT2D eigenvalue weighted by atomic mass is 35.5. The molecule has 2 N–H and O–H groups in total. The Kier molecular flexibility index (Phi) is 9.01. The number of aromatic hydroxyl groups is 1. The first-order chi connectivity index (χ1) is 28.1. The highest BCUT2D eigenvalue weighted by Gasteiger charge is 2.71. The average molecular weight is 845 g/mol. The van der Waals surface area contributed by atoms with E-state index in [1.54, 1.807) is 60.7 Å². The topological polar surface area (TPSA) is 123 Å². The lowest BCUT2D eigenvalue weighted by Crippen LogP contribution is -2.53. The van der Waals surface area contributed by atoms with Crippen LogP contribution >= 0.6 is 23.2 Å². The molecule has 3 fully saturated rings. The number of pyridine rings is 1. The van der Waals surface area contributed by atoms with E-state index in [4.69, 9.17) is 23.2 Å². The van der Waals surface area contributed by atoms with Crippen molar-refractivity contribution in [2.45, 2.75) is 30.4 Å². The van der Waals surface area contributed by atoms with Gasteiger partial charge in [-0.15, -0.1) is 0 Å². The second-order valence-corrected chi connectivity index (χ2v) is 16.0. The van der Waals surface area contributed by atoms with Gasteiger partial charge >= 0.3 is 6.18 Å². The molecule has 4 aliphatic rings. The maximum absolute atomic E-state index is 15.4. The van der Waals surface area contributed by atoms with E-state index in [2.05, 4.69) is 10.4 Å². The molecular weight excluding hydrogens is 813 g/mol. The van der Waals surface area contributed by atoms with E-state index in [1.807, 2.05) is 6.07 Å². The molecule has 2 aliphatic carbocycles. The van der Waals surface area contributed by atoms with Crippen molar-refractivity contribution in [3.8, 4) is 5.75 Å². The minimum Gasteiger partial charge on any atom is -0.507 e. The fourth-order valence-corrected chi connectivity index (χ4v) is 10.0. The van der Waals surface area contributed by atoms with Crippen LogP contribution in [-0.4, -0.2) is 50.8 Å². The zero-order valence-electron chi connectivity index (χ0n) is 30.8. The van der Waals surface area contributed by atoms with Crippen LogP contribution in [0.15, 0.2) is 109 Å². The highest BCUT2D eigenvalue weighted by molar-refractivity contribution is 6.33. The summed E-state index contributed by atoms with van der Waals surface area (Å²) in [6.45, 7) is 0. The Morgan fingerprint density at radius 3 is 2.29 bits per heavy atom. The number of alkyl halides is 3. The van der Waals surface area contributed by atoms with Crippen LogP contribution in [-0.2, 0) is 30.8 Å². The number of aromatic nitrogens is 1. The molecule has 5 aromatic rings. The number of phenols is 1. The fraction of sp³-hybridized carbons (Fsp3) is 0.233. The number of imide groups is 2. The third-order valence-electron chi connectivity index (χ3n) is 12.2. The van der Waals surface area contributed by atoms with Crippen molar-refractivity contribution in [3.05, 3.63) is 141 Å². The number of anilines is 2. The first-order valence-electron chi connectivity index (χ1n) is 18.5. The van der Waals surface area contributed by atoms with Gasteiger partial charge in [-0.1, -0.05) is 83.4 Å². The van der Waals surface area contributed by atoms with Crippen molar-refractivity contribution in [2.24, 2.45) is 23.7 Å². The first-order valence-corrected chi connectivity index (χ1v) is 19.3. The van der Waals surface area contributed by atoms with Gasteiger partial charge in [-0.3, -0.25) is 29.6 Å². The van der Waals surface area contributed by atoms with Crippen LogP contribution in [0.5, 0.6) is 5.75 Å². The van der Waals surface area contributed by atoms with Crippen molar-refractivity contribution in [3.63, 3.8) is 0 Å². The zero-order chi connectivity index (χ0) is 41.7. The second-order valence-electron chi connectivity index (χ2n) is 15.1. The number of nitrogens with zero attached hydrogens (tertiary/aromatic N) is 4. The number of hydrogen-bond donors (Lipinski definition) is 2. The number of carbonyl (C=O) groups is 4. The lowest BCUT2D eigenvalue weighted by Gasteiger charge is -2.50. The van der Waals surface area contributed by atoms with Crippen LogP contribution < -0.4 is 10.4 Å². The molecule has 2 saturated heterocycles. The fourth-order valence-electron chi connectivity index (χ4n) is 9.69. The molecule has 1 saturated carbocycles. The molecule has 4 amide bonds. The van der Waals surface area contributed by atoms with Gasteiger partial charge < -0.3 is 5.11 Å². The van der Waals surface area contributed by atoms with E-state index in [0.717, 1.165) is 21.1 Å². The zero-order valence-corrected chi connectivity index (χ0v) is 32.3. The lowest BCUT2D eigenvalue weighted by atomic mass is 9.49. The molecule has 3 heterocycles. The Balaban J connectivity index is 1.22. The van der Waals surface area contributed by atoms with Gasteiger partial charge in [0, 0.05) is 28.9 Å². The number of halogens is 6. The van der Waals surface area contributed by atoms with Crippen LogP contribution in [0.3, 0.4) is 0 Å². The Hall–Kier alpha value is -5.99. The predicted molar refractivity (Wildman–Crippen MR) is 209 cm³/mol. The second kappa shape index (κ2) is 13.8. The van der Waals surface area contributed by atoms with E-state index in [1.165, 1.54) is 31.3 Å². The quantitative estimate of drug-likeness (QED) is 0.0993. The van der Waals surface area contributed by atoms with Gasteiger partial charge in [0.1, 0.15) is 17.3 Å². The molecule has 16 heteroatoms. The molecule has 0 bridgehead atoms. The Bertz CT molecular complexity index is 2640. The van der Waals surface area contributed by atoms with E-state index in [9.17, 15) is 37.1 Å². The van der Waals surface area contributed by atoms with Gasteiger partial charge in [0.05, 0.1) is 33.9 Å². The van der Waals surface area contributed by atoms with Crippen LogP contribution in [0.4, 0.5) is 29.1 Å². The smallest absolute Gasteiger partial charge is 0.433 e. The standard InChI is InChI=1S/C43H31Cl2F4N5O5/c1-52(37-32(45)18-19-33(50-37)43(47,48)49)54-38(56)28-17-16-27-30(34(28)40(54)58)20-31-39(57)53(51-25-13-11-24(46)12-14-25)41(59)42(31,22-7-9-23(44)10-8-22)35(27)29-15-6-21-4-2-3-5-26(21)36(29)55/h2-16,18-19,28,30-31,34-35,51,55H,17,20H2,1H3/t28-,30+,31-,34-,35+,42+/m0/s1. The number of nitrogens with one attached hydrogen (secondary N) is 1. The SMILES string of the molecule is CN(c1nc(C(F)(F)F)ccc1Cl)N1C(=O)[C@H]2[C@H](CC=C3[C@H]2C[C@H]2C(=O)N(Nc4ccc(F)cc4)C(=O)[C@@]2(c2ccc(Cl)cc2)[C@H]3c2ccc3ccccc3c2O)C1=O. The number of rotatable bonds is 6. The maximum atomic E-state index is 15.4. The molecule has 10 nitrogen and oxygen atoms in total. The Labute approximate surface area is 343 Å². The van der Waals surface area contributed by atoms with Gasteiger partial charge in [0.15, 0.2) is 5.82 Å². The highest BCUT2D eigenvalue weighted by Crippen LogP contribution is 2.65. The minimum absolute atomic E-state index is 0.0128. The monoisotopic (exact) mass is 843 g/mol. The summed E-state index contributed by atoms with van der Waals surface area (Å²) in [4.78, 5) is 63.0. The molecule has 59 heavy (non-hydrogen) atoms. The van der Waals surface area contributed by atoms with E-state index in [0.29, 0.717) is 33.0 Å². The van der Waals surface area contributed by atoms with E-state index >= 15 is 4.79 Å². The number of hydrazine groups is 2. The van der Waals surface area contributed by atoms with Crippen LogP contribution in [0, 0.1) is 29.5 Å². The Morgan fingerprint density at radius 2 is 1.58 bits per heavy atom. The summed E-state index contributed by atoms with van der Waals surface area (Å²) >= 11 is 12.7. The summed E-state index contributed by atoms with van der Waals surface area (Å²) in [6.07, 6.45) is -3.21. The predicted octanol–water partition coefficient (Wildman–Crippen LogP) is 8.44. The molecule has 9 rings (SSSR count). The van der Waals surface area contributed by atoms with Crippen molar-refractivity contribution < 1.29 is 41.8 Å². The molecule has 6 atom stereocenters. The van der Waals surface area contributed by atoms with Gasteiger partial charge in [-0.25, -0.2) is 9.37 Å². The molecule has 1 aromatic heterocycles. The number of allylic oxidation sites excluding steroid dienone is 2. The van der Waals surface area contributed by atoms with Crippen LogP contribution in [0.1, 0.15) is 35.6 Å². The molecule has 300 valence electrons. The number of fused-ring (bicyclic) bond motifs is 5. The summed E-state index contributed by atoms with van der Waals surface area (Å²) in [6, 6.07) is 23.7. The van der Waals surface area contributed by atoms with Crippen molar-refractivity contribution in [1.29, 1.82) is 0 Å². The van der Waals surface area contributed by atoms with Crippen molar-refractivity contribution in [2.75, 3.05) is 17.5 Å². The van der Waals surface area contributed by atoms with Gasteiger partial charge in [0.2, 0.25) is 0 Å². The number of amides is 4. The van der Waals surface area contributed by atoms with Crippen LogP contribution in [0.2, 0.25) is 10.0 Å². The number of carbonyl (C=O) groups excluding carboxylic acids is 4. The molecular formula is C43H31Cl2F4N5O5. The number of benzene rings is 4.